The summed E-state index contributed by atoms with van der Waals surface area (Å²) in [6.45, 7) is 2.26. The average Bonchev–Trinajstić information content (AvgIpc) is 1.72. The van der Waals surface area contributed by atoms with Crippen LogP contribution in [0.3, 0.4) is 0 Å². The molecule has 514 valence electrons. The molecule has 3 aromatic heterocycles. The number of likely N-dealkylation sites (tertiary alicyclic amines) is 1. The number of nitrogens with zero attached hydrogens (tertiary/aromatic N) is 3. The van der Waals surface area contributed by atoms with Crippen molar-refractivity contribution in [2.45, 2.75) is 139 Å². The first-order chi connectivity index (χ1) is 45.9. The van der Waals surface area contributed by atoms with Crippen molar-refractivity contribution < 1.29 is 68.1 Å². The van der Waals surface area contributed by atoms with Gasteiger partial charge < -0.3 is 101 Å². The number of amides is 10. The molecule has 7 rings (SSSR count). The van der Waals surface area contributed by atoms with E-state index in [1.165, 1.54) is 41.7 Å². The number of aliphatic imine (C=N–C) groups is 1. The normalized spacial score (nSPS) is 15.3. The molecule has 1 saturated heterocycles. The first kappa shape index (κ1) is 72.5. The molecule has 0 spiro atoms. The highest BCUT2D eigenvalue weighted by atomic mass is 16.4. The molecule has 0 aliphatic carbocycles. The van der Waals surface area contributed by atoms with Crippen molar-refractivity contribution in [1.29, 1.82) is 0 Å². The Morgan fingerprint density at radius 1 is 0.635 bits per heavy atom. The largest absolute Gasteiger partial charge is 0.508 e. The highest BCUT2D eigenvalue weighted by Gasteiger charge is 2.40. The highest BCUT2D eigenvalue weighted by molar-refractivity contribution is 6.00. The summed E-state index contributed by atoms with van der Waals surface area (Å²) in [5.41, 5.74) is 25.6. The SMILES string of the molecule is CC(C)C[C@H](NC(=O)[C@@H](Cc1c[nH]c2ccccc12)NC(=O)[C@H](Cc1ccc(O)cc1)NC(=O)[C@H](CO)NC(=O)[C@H](Cc1c[nH]c2ccccc12)NC(=O)[C@H](Cc1cnc[nH]1)NC(=O)[C@@H](N)CCC(=O)O)C(=O)N[C@@H](CCCN=C(N)N)C(=O)N1CCC[C@H]1C(=O)NCC(N)=O. The number of carbonyl (C=O) groups is 11. The number of aliphatic hydroxyl groups excluding tert-OH is 1. The van der Waals surface area contributed by atoms with E-state index >= 15 is 9.59 Å². The van der Waals surface area contributed by atoms with Crippen LogP contribution in [0.15, 0.2) is 103 Å². The number of carboxylic acid groups (broad SMARTS) is 1. The third kappa shape index (κ3) is 21.1. The number of aromatic amines is 3. The molecule has 96 heavy (non-hydrogen) atoms. The fraction of sp³-hybridized carbons (Fsp3) is 0.422. The summed E-state index contributed by atoms with van der Waals surface area (Å²) >= 11 is 0. The van der Waals surface area contributed by atoms with Gasteiger partial charge in [0, 0.05) is 91.3 Å². The van der Waals surface area contributed by atoms with Crippen molar-refractivity contribution in [1.82, 2.24) is 67.4 Å². The lowest BCUT2D eigenvalue weighted by atomic mass is 9.99. The minimum absolute atomic E-state index is 0.00936. The van der Waals surface area contributed by atoms with Crippen LogP contribution in [0.1, 0.15) is 81.2 Å². The van der Waals surface area contributed by atoms with Gasteiger partial charge in [-0.05, 0) is 85.4 Å². The number of hydrogen-bond acceptors (Lipinski definition) is 16. The number of imidazole rings is 1. The maximum absolute atomic E-state index is 15.1. The van der Waals surface area contributed by atoms with Crippen LogP contribution in [-0.2, 0) is 78.4 Å². The Balaban J connectivity index is 1.16. The molecule has 3 aromatic carbocycles. The molecule has 1 aliphatic rings. The van der Waals surface area contributed by atoms with Gasteiger partial charge in [-0.15, -0.1) is 0 Å². The Kier molecular flexibility index (Phi) is 26.3. The number of aromatic nitrogens is 4. The van der Waals surface area contributed by atoms with Gasteiger partial charge in [0.2, 0.25) is 59.1 Å². The summed E-state index contributed by atoms with van der Waals surface area (Å²) in [4.78, 5) is 171. The number of rotatable bonds is 36. The van der Waals surface area contributed by atoms with E-state index < -0.39 is 139 Å². The van der Waals surface area contributed by atoms with Gasteiger partial charge in [-0.3, -0.25) is 57.7 Å². The number of aromatic hydroxyl groups is 1. The number of fused-ring (bicyclic) bond motifs is 2. The van der Waals surface area contributed by atoms with E-state index in [9.17, 15) is 58.5 Å². The maximum atomic E-state index is 15.1. The van der Waals surface area contributed by atoms with E-state index in [1.807, 2.05) is 0 Å². The third-order valence-electron chi connectivity index (χ3n) is 16.1. The number of benzene rings is 3. The fourth-order valence-corrected chi connectivity index (χ4v) is 11.1. The van der Waals surface area contributed by atoms with E-state index in [1.54, 1.807) is 74.8 Å². The number of carboxylic acids is 1. The Labute approximate surface area is 551 Å². The van der Waals surface area contributed by atoms with Gasteiger partial charge in [-0.1, -0.05) is 62.4 Å². The maximum Gasteiger partial charge on any atom is 0.303 e. The Bertz CT molecular complexity index is 3740. The van der Waals surface area contributed by atoms with Crippen molar-refractivity contribution >= 4 is 92.8 Å². The van der Waals surface area contributed by atoms with Crippen molar-refractivity contribution in [3.63, 3.8) is 0 Å². The van der Waals surface area contributed by atoms with Crippen LogP contribution in [-0.4, -0.2) is 192 Å². The number of nitrogens with two attached hydrogens (primary N) is 4. The number of guanidine groups is 1. The summed E-state index contributed by atoms with van der Waals surface area (Å²) in [6, 6.07) is 6.94. The monoisotopic (exact) mass is 1330 g/mol. The number of hydrogen-bond donors (Lipinski definition) is 18. The second-order valence-electron chi connectivity index (χ2n) is 23.9. The number of aliphatic hydroxyl groups is 1. The zero-order valence-electron chi connectivity index (χ0n) is 53.1. The number of aliphatic carboxylic acids is 1. The molecule has 22 N–H and O–H groups in total. The Morgan fingerprint density at radius 3 is 1.68 bits per heavy atom. The number of phenols is 1. The molecular weight excluding hydrogens is 1240 g/mol. The zero-order chi connectivity index (χ0) is 69.6. The van der Waals surface area contributed by atoms with Crippen LogP contribution in [0.4, 0.5) is 0 Å². The van der Waals surface area contributed by atoms with Crippen LogP contribution in [0, 0.1) is 5.92 Å². The van der Waals surface area contributed by atoms with Gasteiger partial charge in [0.05, 0.1) is 25.5 Å². The summed E-state index contributed by atoms with van der Waals surface area (Å²) in [7, 11) is 0. The van der Waals surface area contributed by atoms with Gasteiger partial charge in [-0.25, -0.2) is 4.98 Å². The molecule has 4 heterocycles. The quantitative estimate of drug-likeness (QED) is 0.0111. The number of H-pyrrole nitrogens is 3. The predicted molar refractivity (Wildman–Crippen MR) is 350 cm³/mol. The van der Waals surface area contributed by atoms with Crippen molar-refractivity contribution in [2.75, 3.05) is 26.2 Å². The molecule has 0 saturated carbocycles. The molecule has 10 amide bonds. The third-order valence-corrected chi connectivity index (χ3v) is 16.1. The number of nitrogens with one attached hydrogen (secondary N) is 11. The molecule has 32 nitrogen and oxygen atoms in total. The Morgan fingerprint density at radius 2 is 1.15 bits per heavy atom. The van der Waals surface area contributed by atoms with Crippen molar-refractivity contribution in [3.05, 3.63) is 120 Å². The summed E-state index contributed by atoms with van der Waals surface area (Å²) in [5, 5.41) is 52.8. The number of primary amides is 1. The van der Waals surface area contributed by atoms with Crippen LogP contribution >= 0.6 is 0 Å². The van der Waals surface area contributed by atoms with Gasteiger partial charge in [0.15, 0.2) is 5.96 Å². The molecule has 9 atom stereocenters. The van der Waals surface area contributed by atoms with E-state index in [0.29, 0.717) is 50.6 Å². The first-order valence-electron chi connectivity index (χ1n) is 31.4. The molecule has 6 aromatic rings. The lowest BCUT2D eigenvalue weighted by molar-refractivity contribution is -0.142. The van der Waals surface area contributed by atoms with E-state index in [4.69, 9.17) is 22.9 Å². The molecule has 32 heteroatoms. The first-order valence-corrected chi connectivity index (χ1v) is 31.4. The number of para-hydroxylation sites is 2. The van der Waals surface area contributed by atoms with E-state index in [-0.39, 0.29) is 88.5 Å². The number of phenolic OH excluding ortho intramolecular Hbond substituents is 1. The fourth-order valence-electron chi connectivity index (χ4n) is 11.1. The standard InChI is InChI=1S/C64H84N18O14/c1-34(2)23-46(56(89)75-45(13-7-21-70-64(67)68)63(96)82-22-8-14-52(82)62(95)73-31-53(66)85)77-58(91)48(25-36-28-71-43-11-5-3-9-40(36)43)79-57(90)47(24-35-15-17-39(84)18-16-35)78-61(94)51(32-83)81-59(92)49(26-37-29-72-44-12-6-4-10-41(37)44)80-60(93)50(27-38-30-69-33-74-38)76-55(88)42(65)19-20-54(86)87/h3-6,9-12,15-18,28-30,33-34,42,45-52,71-72,83-84H,7-8,13-14,19-27,31-32,65H2,1-2H3,(H2,66,85)(H,69,74)(H,73,95)(H,75,89)(H,76,88)(H,77,91)(H,78,94)(H,79,90)(H,80,93)(H,81,92)(H,86,87)(H4,67,68,70)/t42-,45-,46-,47-,48+,49-,50-,51-,52-/m0/s1. The van der Waals surface area contributed by atoms with E-state index in [2.05, 4.69) is 67.5 Å². The van der Waals surface area contributed by atoms with Gasteiger partial charge >= 0.3 is 5.97 Å². The highest BCUT2D eigenvalue weighted by Crippen LogP contribution is 2.24. The molecule has 1 fully saturated rings. The smallest absolute Gasteiger partial charge is 0.303 e. The molecule has 0 unspecified atom stereocenters. The summed E-state index contributed by atoms with van der Waals surface area (Å²) in [5.74, 6) is -10.4. The second kappa shape index (κ2) is 34.9. The molecular formula is C64H84N18O14. The molecule has 0 bridgehead atoms. The second-order valence-corrected chi connectivity index (χ2v) is 23.9. The molecule has 0 radical (unpaired) electrons. The van der Waals surface area contributed by atoms with Crippen LogP contribution in [0.2, 0.25) is 0 Å². The predicted octanol–water partition coefficient (Wildman–Crippen LogP) is -2.38. The van der Waals surface area contributed by atoms with Gasteiger partial charge in [-0.2, -0.15) is 0 Å². The zero-order valence-corrected chi connectivity index (χ0v) is 53.1. The summed E-state index contributed by atoms with van der Waals surface area (Å²) < 4.78 is 0. The minimum atomic E-state index is -1.83. The van der Waals surface area contributed by atoms with Crippen molar-refractivity contribution in [3.8, 4) is 5.75 Å². The average molecular weight is 1330 g/mol. The lowest BCUT2D eigenvalue weighted by Crippen LogP contribution is -2.61. The summed E-state index contributed by atoms with van der Waals surface area (Å²) in [6.07, 6.45) is 5.20. The molecule has 1 aliphatic heterocycles. The van der Waals surface area contributed by atoms with Gasteiger partial charge in [0.1, 0.15) is 54.1 Å². The Hall–Kier alpha value is -10.9. The lowest BCUT2D eigenvalue weighted by Gasteiger charge is -2.30. The van der Waals surface area contributed by atoms with Crippen LogP contribution in [0.5, 0.6) is 5.75 Å². The number of carbonyl (C=O) groups excluding carboxylic acids is 10. The van der Waals surface area contributed by atoms with Crippen LogP contribution < -0.4 is 65.5 Å². The van der Waals surface area contributed by atoms with Crippen molar-refractivity contribution in [2.24, 2.45) is 33.8 Å². The van der Waals surface area contributed by atoms with E-state index in [0.717, 1.165) is 0 Å². The minimum Gasteiger partial charge on any atom is -0.508 e. The van der Waals surface area contributed by atoms with Crippen LogP contribution in [0.25, 0.3) is 21.8 Å². The van der Waals surface area contributed by atoms with Gasteiger partial charge in [0.25, 0.3) is 0 Å². The topological polar surface area (TPSA) is 525 Å².